The van der Waals surface area contributed by atoms with Gasteiger partial charge in [0.25, 0.3) is 5.91 Å². The molecule has 3 aromatic carbocycles. The van der Waals surface area contributed by atoms with Crippen molar-refractivity contribution in [2.24, 2.45) is 0 Å². The van der Waals surface area contributed by atoms with Gasteiger partial charge in [0.1, 0.15) is 0 Å². The van der Waals surface area contributed by atoms with Gasteiger partial charge in [0.2, 0.25) is 0 Å². The van der Waals surface area contributed by atoms with Crippen molar-refractivity contribution in [2.75, 3.05) is 10.6 Å². The van der Waals surface area contributed by atoms with Gasteiger partial charge in [-0.05, 0) is 54.6 Å². The fraction of sp³-hybridized carbons (Fsp3) is 0.0500. The maximum absolute atomic E-state index is 13.1. The highest BCUT2D eigenvalue weighted by Gasteiger charge is 2.31. The molecule has 3 nitrogen and oxygen atoms in total. The Morgan fingerprint density at radius 3 is 2.15 bits per heavy atom. The summed E-state index contributed by atoms with van der Waals surface area (Å²) in [6.07, 6.45) is -4.51. The average Bonchev–Trinajstić information content (AvgIpc) is 2.64. The summed E-state index contributed by atoms with van der Waals surface area (Å²) in [6, 6.07) is 18.6. The molecule has 3 aromatic rings. The van der Waals surface area contributed by atoms with Gasteiger partial charge in [0.15, 0.2) is 0 Å². The zero-order chi connectivity index (χ0) is 19.4. The van der Waals surface area contributed by atoms with Crippen LogP contribution in [-0.4, -0.2) is 5.91 Å². The van der Waals surface area contributed by atoms with Crippen molar-refractivity contribution in [1.29, 1.82) is 0 Å². The van der Waals surface area contributed by atoms with Crippen molar-refractivity contribution in [1.82, 2.24) is 0 Å². The number of nitrogens with one attached hydrogen (secondary N) is 2. The molecule has 0 aliphatic carbocycles. The summed E-state index contributed by atoms with van der Waals surface area (Å²) in [4.78, 5) is 12.4. The van der Waals surface area contributed by atoms with Crippen molar-refractivity contribution in [2.45, 2.75) is 6.18 Å². The highest BCUT2D eigenvalue weighted by molar-refractivity contribution is 9.10. The van der Waals surface area contributed by atoms with E-state index in [-0.39, 0.29) is 5.69 Å². The quantitative estimate of drug-likeness (QED) is 0.494. The van der Waals surface area contributed by atoms with E-state index < -0.39 is 17.6 Å². The summed E-state index contributed by atoms with van der Waals surface area (Å²) < 4.78 is 40.2. The van der Waals surface area contributed by atoms with Gasteiger partial charge in [-0.1, -0.05) is 34.1 Å². The van der Waals surface area contributed by atoms with Crippen LogP contribution < -0.4 is 10.6 Å². The zero-order valence-corrected chi connectivity index (χ0v) is 15.4. The minimum Gasteiger partial charge on any atom is -0.354 e. The fourth-order valence-corrected chi connectivity index (χ4v) is 2.67. The van der Waals surface area contributed by atoms with Crippen LogP contribution in [-0.2, 0) is 6.18 Å². The van der Waals surface area contributed by atoms with Crippen LogP contribution in [0.2, 0.25) is 0 Å². The molecule has 2 N–H and O–H groups in total. The van der Waals surface area contributed by atoms with Crippen molar-refractivity contribution in [3.63, 3.8) is 0 Å². The summed E-state index contributed by atoms with van der Waals surface area (Å²) in [7, 11) is 0. The normalized spacial score (nSPS) is 11.1. The van der Waals surface area contributed by atoms with Crippen LogP contribution in [0.25, 0.3) is 0 Å². The number of carbonyl (C=O) groups excluding carboxylic acids is 1. The molecule has 0 aliphatic rings. The first-order chi connectivity index (χ1) is 12.8. The van der Waals surface area contributed by atoms with E-state index in [0.29, 0.717) is 16.9 Å². The minimum absolute atomic E-state index is 0.0431. The van der Waals surface area contributed by atoms with Gasteiger partial charge in [0.05, 0.1) is 16.9 Å². The lowest BCUT2D eigenvalue weighted by molar-refractivity contribution is -0.137. The molecular formula is C20H14BrF3N2O. The average molecular weight is 435 g/mol. The number of benzene rings is 3. The Hall–Kier alpha value is -2.80. The van der Waals surface area contributed by atoms with Crippen LogP contribution in [0.1, 0.15) is 15.9 Å². The Morgan fingerprint density at radius 1 is 0.852 bits per heavy atom. The number of hydrogen-bond donors (Lipinski definition) is 2. The van der Waals surface area contributed by atoms with E-state index in [4.69, 9.17) is 0 Å². The predicted molar refractivity (Wildman–Crippen MR) is 103 cm³/mol. The molecule has 0 fully saturated rings. The molecule has 0 aromatic heterocycles. The number of hydrogen-bond acceptors (Lipinski definition) is 2. The Bertz CT molecular complexity index is 942. The summed E-state index contributed by atoms with van der Waals surface area (Å²) in [5.41, 5.74) is 0.584. The third kappa shape index (κ3) is 4.89. The number of amides is 1. The molecule has 7 heteroatoms. The summed E-state index contributed by atoms with van der Waals surface area (Å²) in [5, 5.41) is 5.59. The lowest BCUT2D eigenvalue weighted by atomic mass is 10.1. The third-order valence-corrected chi connectivity index (χ3v) is 4.28. The third-order valence-electron chi connectivity index (χ3n) is 3.75. The van der Waals surface area contributed by atoms with Gasteiger partial charge in [-0.3, -0.25) is 4.79 Å². The molecule has 138 valence electrons. The second-order valence-corrected chi connectivity index (χ2v) is 6.63. The number of halogens is 4. The molecule has 3 rings (SSSR count). The van der Waals surface area contributed by atoms with Crippen molar-refractivity contribution >= 4 is 38.9 Å². The first-order valence-electron chi connectivity index (χ1n) is 7.93. The maximum atomic E-state index is 13.1. The van der Waals surface area contributed by atoms with E-state index in [2.05, 4.69) is 26.6 Å². The Labute approximate surface area is 162 Å². The van der Waals surface area contributed by atoms with Crippen molar-refractivity contribution in [3.05, 3.63) is 88.4 Å². The lowest BCUT2D eigenvalue weighted by Gasteiger charge is -2.16. The molecule has 0 aliphatic heterocycles. The molecule has 0 saturated heterocycles. The molecule has 0 unspecified atom stereocenters. The Kier molecular flexibility index (Phi) is 5.51. The minimum atomic E-state index is -4.51. The second kappa shape index (κ2) is 7.84. The van der Waals surface area contributed by atoms with E-state index in [1.807, 2.05) is 0 Å². The van der Waals surface area contributed by atoms with Gasteiger partial charge < -0.3 is 10.6 Å². The van der Waals surface area contributed by atoms with E-state index in [0.717, 1.165) is 16.6 Å². The smallest absolute Gasteiger partial charge is 0.354 e. The molecule has 0 atom stereocenters. The predicted octanol–water partition coefficient (Wildman–Crippen LogP) is 6.46. The van der Waals surface area contributed by atoms with Crippen LogP contribution in [0, 0.1) is 0 Å². The number of alkyl halides is 3. The fourth-order valence-electron chi connectivity index (χ4n) is 2.41. The van der Waals surface area contributed by atoms with Gasteiger partial charge in [-0.25, -0.2) is 0 Å². The summed E-state index contributed by atoms with van der Waals surface area (Å²) in [5.74, 6) is -0.492. The number of rotatable bonds is 4. The molecule has 1 amide bonds. The van der Waals surface area contributed by atoms with E-state index in [9.17, 15) is 18.0 Å². The van der Waals surface area contributed by atoms with Crippen LogP contribution in [0.15, 0.2) is 77.3 Å². The van der Waals surface area contributed by atoms with Gasteiger partial charge in [-0.2, -0.15) is 13.2 Å². The molecule has 0 radical (unpaired) electrons. The van der Waals surface area contributed by atoms with E-state index >= 15 is 0 Å². The Balaban J connectivity index is 1.94. The van der Waals surface area contributed by atoms with Crippen LogP contribution in [0.3, 0.4) is 0 Å². The van der Waals surface area contributed by atoms with Crippen molar-refractivity contribution in [3.8, 4) is 0 Å². The second-order valence-electron chi connectivity index (χ2n) is 5.71. The van der Waals surface area contributed by atoms with E-state index in [1.54, 1.807) is 54.6 Å². The highest BCUT2D eigenvalue weighted by Crippen LogP contribution is 2.35. The van der Waals surface area contributed by atoms with Gasteiger partial charge in [-0.15, -0.1) is 0 Å². The topological polar surface area (TPSA) is 41.1 Å². The number of carbonyl (C=O) groups is 1. The SMILES string of the molecule is O=C(Nc1cc(C(F)(F)F)ccc1Nc1ccc(Br)cc1)c1ccccc1. The molecule has 0 heterocycles. The monoisotopic (exact) mass is 434 g/mol. The summed E-state index contributed by atoms with van der Waals surface area (Å²) >= 11 is 3.33. The largest absolute Gasteiger partial charge is 0.416 e. The zero-order valence-electron chi connectivity index (χ0n) is 13.8. The van der Waals surface area contributed by atoms with Gasteiger partial charge in [0, 0.05) is 15.7 Å². The molecule has 0 saturated carbocycles. The number of anilines is 3. The molecule has 27 heavy (non-hydrogen) atoms. The van der Waals surface area contributed by atoms with Crippen LogP contribution in [0.5, 0.6) is 0 Å². The maximum Gasteiger partial charge on any atom is 0.416 e. The van der Waals surface area contributed by atoms with Crippen LogP contribution >= 0.6 is 15.9 Å². The Morgan fingerprint density at radius 2 is 1.52 bits per heavy atom. The highest BCUT2D eigenvalue weighted by atomic mass is 79.9. The molecule has 0 bridgehead atoms. The van der Waals surface area contributed by atoms with E-state index in [1.165, 1.54) is 6.07 Å². The first kappa shape index (κ1) is 19.0. The lowest BCUT2D eigenvalue weighted by Crippen LogP contribution is -2.14. The van der Waals surface area contributed by atoms with Gasteiger partial charge >= 0.3 is 6.18 Å². The molecular weight excluding hydrogens is 421 g/mol. The molecule has 0 spiro atoms. The standard InChI is InChI=1S/C20H14BrF3N2O/c21-15-7-9-16(10-8-15)25-17-11-6-14(20(22,23)24)12-18(17)26-19(27)13-4-2-1-3-5-13/h1-12,25H,(H,26,27). The first-order valence-corrected chi connectivity index (χ1v) is 8.72. The summed E-state index contributed by atoms with van der Waals surface area (Å²) in [6.45, 7) is 0. The van der Waals surface area contributed by atoms with Crippen molar-refractivity contribution < 1.29 is 18.0 Å². The van der Waals surface area contributed by atoms with Crippen LogP contribution in [0.4, 0.5) is 30.2 Å².